The van der Waals surface area contributed by atoms with Gasteiger partial charge in [-0.25, -0.2) is 0 Å². The number of carbonyl (C=O) groups is 2. The summed E-state index contributed by atoms with van der Waals surface area (Å²) in [4.78, 5) is 19.2. The van der Waals surface area contributed by atoms with Crippen LogP contribution in [0.2, 0.25) is 0 Å². The lowest BCUT2D eigenvalue weighted by molar-refractivity contribution is -0.139. The quantitative estimate of drug-likeness (QED) is 0.604. The van der Waals surface area contributed by atoms with Crippen molar-refractivity contribution in [1.29, 1.82) is 0 Å². The molecule has 0 aliphatic carbocycles. The normalized spacial score (nSPS) is 13.5. The van der Waals surface area contributed by atoms with Crippen LogP contribution in [0.15, 0.2) is 0 Å². The van der Waals surface area contributed by atoms with Gasteiger partial charge in [0.15, 0.2) is 0 Å². The zero-order valence-electron chi connectivity index (χ0n) is 8.15. The minimum atomic E-state index is -0.913. The summed E-state index contributed by atoms with van der Waals surface area (Å²) in [6.45, 7) is 4.84. The van der Waals surface area contributed by atoms with Gasteiger partial charge in [-0.3, -0.25) is 9.59 Å². The molecule has 5 heteroatoms. The lowest BCUT2D eigenvalue weighted by Gasteiger charge is -2.11. The van der Waals surface area contributed by atoms with Crippen LogP contribution in [0.25, 0.3) is 0 Å². The highest BCUT2D eigenvalue weighted by Gasteiger charge is 2.17. The smallest absolute Gasteiger partial charge is 0.320 e. The SMILES string of the molecule is CC(=O)O.CCC(C)C(N)C(=O)O. The third-order valence-electron chi connectivity index (χ3n) is 1.54. The van der Waals surface area contributed by atoms with E-state index in [0.717, 1.165) is 13.3 Å². The van der Waals surface area contributed by atoms with Gasteiger partial charge in [-0.15, -0.1) is 0 Å². The molecule has 2 unspecified atom stereocenters. The first-order chi connectivity index (χ1) is 5.82. The maximum Gasteiger partial charge on any atom is 0.320 e. The Bertz CT molecular complexity index is 166. The van der Waals surface area contributed by atoms with Crippen LogP contribution in [-0.2, 0) is 9.59 Å². The number of carboxylic acids is 2. The Balaban J connectivity index is 0. The first-order valence-electron chi connectivity index (χ1n) is 4.00. The minimum absolute atomic E-state index is 0.0718. The van der Waals surface area contributed by atoms with Crippen LogP contribution in [0, 0.1) is 5.92 Å². The van der Waals surface area contributed by atoms with Gasteiger partial charge in [-0.05, 0) is 5.92 Å². The molecule has 0 aromatic heterocycles. The Morgan fingerprint density at radius 2 is 1.69 bits per heavy atom. The van der Waals surface area contributed by atoms with Crippen LogP contribution >= 0.6 is 0 Å². The van der Waals surface area contributed by atoms with Gasteiger partial charge in [0.1, 0.15) is 6.04 Å². The highest BCUT2D eigenvalue weighted by Crippen LogP contribution is 2.04. The molecule has 0 saturated heterocycles. The number of rotatable bonds is 3. The van der Waals surface area contributed by atoms with Crippen molar-refractivity contribution in [3.05, 3.63) is 0 Å². The fraction of sp³-hybridized carbons (Fsp3) is 0.750. The van der Waals surface area contributed by atoms with Gasteiger partial charge in [0.05, 0.1) is 0 Å². The number of nitrogens with two attached hydrogens (primary N) is 1. The van der Waals surface area contributed by atoms with Crippen molar-refractivity contribution in [2.75, 3.05) is 0 Å². The zero-order valence-corrected chi connectivity index (χ0v) is 8.15. The third-order valence-corrected chi connectivity index (χ3v) is 1.54. The maximum absolute atomic E-state index is 10.2. The molecular formula is C8H17NO4. The van der Waals surface area contributed by atoms with Gasteiger partial charge in [-0.1, -0.05) is 20.3 Å². The summed E-state index contributed by atoms with van der Waals surface area (Å²) in [5, 5.41) is 15.8. The van der Waals surface area contributed by atoms with Crippen LogP contribution in [0.5, 0.6) is 0 Å². The second-order valence-corrected chi connectivity index (χ2v) is 2.77. The Hall–Kier alpha value is -1.10. The average molecular weight is 191 g/mol. The molecule has 0 saturated carbocycles. The minimum Gasteiger partial charge on any atom is -0.481 e. The number of hydrogen-bond acceptors (Lipinski definition) is 3. The van der Waals surface area contributed by atoms with E-state index in [-0.39, 0.29) is 5.92 Å². The molecule has 0 aliphatic heterocycles. The Kier molecular flexibility index (Phi) is 8.37. The van der Waals surface area contributed by atoms with Gasteiger partial charge in [0.2, 0.25) is 0 Å². The molecule has 0 bridgehead atoms. The van der Waals surface area contributed by atoms with E-state index in [4.69, 9.17) is 20.7 Å². The molecule has 0 fully saturated rings. The van der Waals surface area contributed by atoms with Crippen molar-refractivity contribution < 1.29 is 19.8 Å². The molecule has 0 radical (unpaired) electrons. The predicted octanol–water partition coefficient (Wildman–Crippen LogP) is 0.535. The summed E-state index contributed by atoms with van der Waals surface area (Å²) >= 11 is 0. The Morgan fingerprint density at radius 3 is 1.77 bits per heavy atom. The molecule has 0 aliphatic rings. The zero-order chi connectivity index (χ0) is 11.0. The topological polar surface area (TPSA) is 101 Å². The summed E-state index contributed by atoms with van der Waals surface area (Å²) in [5.74, 6) is -1.67. The molecule has 0 heterocycles. The van der Waals surface area contributed by atoms with Crippen LogP contribution in [0.1, 0.15) is 27.2 Å². The summed E-state index contributed by atoms with van der Waals surface area (Å²) < 4.78 is 0. The predicted molar refractivity (Wildman–Crippen MR) is 48.4 cm³/mol. The first-order valence-corrected chi connectivity index (χ1v) is 4.00. The van der Waals surface area contributed by atoms with Crippen molar-refractivity contribution >= 4 is 11.9 Å². The van der Waals surface area contributed by atoms with Gasteiger partial charge in [-0.2, -0.15) is 0 Å². The van der Waals surface area contributed by atoms with E-state index < -0.39 is 18.0 Å². The second kappa shape index (κ2) is 7.54. The van der Waals surface area contributed by atoms with Gasteiger partial charge in [0, 0.05) is 6.92 Å². The van der Waals surface area contributed by atoms with Gasteiger partial charge in [0.25, 0.3) is 5.97 Å². The van der Waals surface area contributed by atoms with Crippen LogP contribution in [0.4, 0.5) is 0 Å². The first kappa shape index (κ1) is 14.4. The number of hydrogen-bond donors (Lipinski definition) is 3. The molecule has 0 spiro atoms. The highest BCUT2D eigenvalue weighted by atomic mass is 16.4. The lowest BCUT2D eigenvalue weighted by atomic mass is 10.0. The van der Waals surface area contributed by atoms with Crippen molar-refractivity contribution in [3.8, 4) is 0 Å². The number of aliphatic carboxylic acids is 2. The van der Waals surface area contributed by atoms with E-state index in [1.165, 1.54) is 0 Å². The molecule has 13 heavy (non-hydrogen) atoms. The molecule has 0 aromatic carbocycles. The van der Waals surface area contributed by atoms with Crippen molar-refractivity contribution in [3.63, 3.8) is 0 Å². The molecule has 4 N–H and O–H groups in total. The van der Waals surface area contributed by atoms with E-state index in [2.05, 4.69) is 0 Å². The molecule has 0 amide bonds. The van der Waals surface area contributed by atoms with Crippen molar-refractivity contribution in [2.45, 2.75) is 33.2 Å². The van der Waals surface area contributed by atoms with Crippen LogP contribution in [0.3, 0.4) is 0 Å². The molecule has 0 aromatic rings. The Labute approximate surface area is 77.6 Å². The van der Waals surface area contributed by atoms with Crippen LogP contribution < -0.4 is 5.73 Å². The molecular weight excluding hydrogens is 174 g/mol. The Morgan fingerprint density at radius 1 is 1.38 bits per heavy atom. The largest absolute Gasteiger partial charge is 0.481 e. The van der Waals surface area contributed by atoms with Crippen LogP contribution in [-0.4, -0.2) is 28.2 Å². The fourth-order valence-electron chi connectivity index (χ4n) is 0.497. The fourth-order valence-corrected chi connectivity index (χ4v) is 0.497. The maximum atomic E-state index is 10.2. The van der Waals surface area contributed by atoms with Crippen molar-refractivity contribution in [1.82, 2.24) is 0 Å². The van der Waals surface area contributed by atoms with Gasteiger partial charge >= 0.3 is 5.97 Å². The highest BCUT2D eigenvalue weighted by molar-refractivity contribution is 5.73. The van der Waals surface area contributed by atoms with E-state index >= 15 is 0 Å². The summed E-state index contributed by atoms with van der Waals surface area (Å²) in [7, 11) is 0. The van der Waals surface area contributed by atoms with E-state index in [1.807, 2.05) is 13.8 Å². The molecule has 5 nitrogen and oxygen atoms in total. The van der Waals surface area contributed by atoms with E-state index in [9.17, 15) is 4.79 Å². The lowest BCUT2D eigenvalue weighted by Crippen LogP contribution is -2.36. The average Bonchev–Trinajstić information content (AvgIpc) is 2.00. The van der Waals surface area contributed by atoms with Gasteiger partial charge < -0.3 is 15.9 Å². The molecule has 2 atom stereocenters. The second-order valence-electron chi connectivity index (χ2n) is 2.77. The van der Waals surface area contributed by atoms with E-state index in [0.29, 0.717) is 0 Å². The summed E-state index contributed by atoms with van der Waals surface area (Å²) in [6, 6.07) is -0.699. The standard InChI is InChI=1S/C6H13NO2.C2H4O2/c1-3-4(2)5(7)6(8)9;1-2(3)4/h4-5H,3,7H2,1-2H3,(H,8,9);1H3,(H,3,4). The molecule has 78 valence electrons. The number of carboxylic acid groups (broad SMARTS) is 2. The summed E-state index contributed by atoms with van der Waals surface area (Å²) in [6.07, 6.45) is 0.813. The molecule has 0 rings (SSSR count). The van der Waals surface area contributed by atoms with E-state index in [1.54, 1.807) is 0 Å². The van der Waals surface area contributed by atoms with Crippen molar-refractivity contribution in [2.24, 2.45) is 11.7 Å². The monoisotopic (exact) mass is 191 g/mol. The summed E-state index contributed by atoms with van der Waals surface area (Å²) in [5.41, 5.74) is 5.27. The third kappa shape index (κ3) is 10.9.